The summed E-state index contributed by atoms with van der Waals surface area (Å²) >= 11 is 0. The highest BCUT2D eigenvalue weighted by Gasteiger charge is 2.10. The summed E-state index contributed by atoms with van der Waals surface area (Å²) in [6, 6.07) is 11.0. The van der Waals surface area contributed by atoms with Crippen molar-refractivity contribution in [2.75, 3.05) is 10.6 Å². The number of nitrogens with one attached hydrogen (secondary N) is 2. The number of benzene rings is 1. The molecule has 0 aliphatic carbocycles. The Bertz CT molecular complexity index is 918. The van der Waals surface area contributed by atoms with E-state index in [1.807, 2.05) is 44.4 Å². The average molecular weight is 350 g/mol. The first-order chi connectivity index (χ1) is 12.5. The number of carbonyl (C=O) groups is 1. The Balaban J connectivity index is 1.72. The van der Waals surface area contributed by atoms with Gasteiger partial charge in [0.25, 0.3) is 5.91 Å². The van der Waals surface area contributed by atoms with Gasteiger partial charge in [-0.05, 0) is 36.8 Å². The van der Waals surface area contributed by atoms with Gasteiger partial charge in [0.05, 0.1) is 6.20 Å². The Morgan fingerprint density at radius 3 is 2.81 bits per heavy atom. The molecule has 0 saturated heterocycles. The van der Waals surface area contributed by atoms with Crippen LogP contribution in [0.2, 0.25) is 0 Å². The first kappa shape index (κ1) is 17.6. The number of hydrogen-bond acceptors (Lipinski definition) is 5. The van der Waals surface area contributed by atoms with Crippen molar-refractivity contribution >= 4 is 17.4 Å². The van der Waals surface area contributed by atoms with E-state index in [1.54, 1.807) is 23.0 Å². The molecular weight excluding hydrogens is 328 g/mol. The van der Waals surface area contributed by atoms with Gasteiger partial charge < -0.3 is 16.4 Å². The van der Waals surface area contributed by atoms with E-state index in [4.69, 9.17) is 5.73 Å². The van der Waals surface area contributed by atoms with Crippen LogP contribution in [-0.4, -0.2) is 20.7 Å². The van der Waals surface area contributed by atoms with Gasteiger partial charge >= 0.3 is 0 Å². The molecule has 7 nitrogen and oxygen atoms in total. The maximum atomic E-state index is 12.6. The van der Waals surface area contributed by atoms with Crippen LogP contribution in [0.1, 0.15) is 27.2 Å². The zero-order valence-electron chi connectivity index (χ0n) is 14.9. The number of aromatic nitrogens is 3. The molecule has 0 radical (unpaired) electrons. The van der Waals surface area contributed by atoms with Gasteiger partial charge in [0, 0.05) is 48.8 Å². The lowest BCUT2D eigenvalue weighted by Crippen LogP contribution is -2.14. The molecule has 0 spiro atoms. The van der Waals surface area contributed by atoms with E-state index in [0.717, 1.165) is 22.5 Å². The third kappa shape index (κ3) is 4.46. The summed E-state index contributed by atoms with van der Waals surface area (Å²) in [4.78, 5) is 17.0. The largest absolute Gasteiger partial charge is 0.366 e. The van der Waals surface area contributed by atoms with Gasteiger partial charge in [-0.2, -0.15) is 5.10 Å². The van der Waals surface area contributed by atoms with Crippen LogP contribution in [0.4, 0.5) is 11.5 Å². The Kier molecular flexibility index (Phi) is 5.28. The fourth-order valence-corrected chi connectivity index (χ4v) is 2.63. The second kappa shape index (κ2) is 7.79. The van der Waals surface area contributed by atoms with Crippen LogP contribution >= 0.6 is 0 Å². The van der Waals surface area contributed by atoms with Gasteiger partial charge in [0.15, 0.2) is 0 Å². The smallest absolute Gasteiger partial charge is 0.255 e. The molecule has 3 rings (SSSR count). The number of pyridine rings is 1. The molecule has 0 fully saturated rings. The van der Waals surface area contributed by atoms with E-state index in [0.29, 0.717) is 24.5 Å². The fourth-order valence-electron chi connectivity index (χ4n) is 2.63. The number of anilines is 2. The molecule has 134 valence electrons. The predicted molar refractivity (Wildman–Crippen MR) is 102 cm³/mol. The van der Waals surface area contributed by atoms with E-state index in [-0.39, 0.29) is 5.91 Å². The monoisotopic (exact) mass is 350 g/mol. The van der Waals surface area contributed by atoms with Gasteiger partial charge in [0.2, 0.25) is 0 Å². The van der Waals surface area contributed by atoms with Crippen LogP contribution in [0.3, 0.4) is 0 Å². The second-order valence-corrected chi connectivity index (χ2v) is 6.12. The van der Waals surface area contributed by atoms with Gasteiger partial charge in [-0.3, -0.25) is 9.48 Å². The molecule has 26 heavy (non-hydrogen) atoms. The molecule has 1 amide bonds. The molecule has 0 saturated carbocycles. The van der Waals surface area contributed by atoms with Crippen molar-refractivity contribution in [2.45, 2.75) is 20.0 Å². The summed E-state index contributed by atoms with van der Waals surface area (Å²) < 4.78 is 1.75. The zero-order valence-corrected chi connectivity index (χ0v) is 14.9. The number of rotatable bonds is 6. The maximum absolute atomic E-state index is 12.6. The van der Waals surface area contributed by atoms with Crippen LogP contribution in [0.15, 0.2) is 48.8 Å². The van der Waals surface area contributed by atoms with Crippen LogP contribution in [-0.2, 0) is 20.1 Å². The van der Waals surface area contributed by atoms with E-state index in [2.05, 4.69) is 20.7 Å². The number of nitrogens with two attached hydrogens (primary N) is 1. The number of carbonyl (C=O) groups excluding carboxylic acids is 1. The first-order valence-corrected chi connectivity index (χ1v) is 8.34. The summed E-state index contributed by atoms with van der Waals surface area (Å²) in [6.07, 6.45) is 3.72. The zero-order chi connectivity index (χ0) is 18.5. The molecule has 0 aliphatic heterocycles. The van der Waals surface area contributed by atoms with Crippen molar-refractivity contribution in [1.29, 1.82) is 0 Å². The SMILES string of the molecule is Cc1cc(C(=O)Nc2cccc(CN)c2)cc(NCc2cnn(C)c2)n1. The summed E-state index contributed by atoms with van der Waals surface area (Å²) in [5, 5.41) is 10.3. The van der Waals surface area contributed by atoms with Crippen molar-refractivity contribution in [3.63, 3.8) is 0 Å². The van der Waals surface area contributed by atoms with Gasteiger partial charge in [0.1, 0.15) is 5.82 Å². The number of aryl methyl sites for hydroxylation is 2. The first-order valence-electron chi connectivity index (χ1n) is 8.34. The second-order valence-electron chi connectivity index (χ2n) is 6.12. The molecular formula is C19H22N6O. The minimum atomic E-state index is -0.186. The molecule has 3 aromatic rings. The Labute approximate surface area is 152 Å². The molecule has 0 atom stereocenters. The third-order valence-corrected chi connectivity index (χ3v) is 3.87. The maximum Gasteiger partial charge on any atom is 0.255 e. The van der Waals surface area contributed by atoms with Crippen molar-refractivity contribution in [3.05, 3.63) is 71.2 Å². The minimum Gasteiger partial charge on any atom is -0.366 e. The highest BCUT2D eigenvalue weighted by molar-refractivity contribution is 6.04. The van der Waals surface area contributed by atoms with Crippen LogP contribution < -0.4 is 16.4 Å². The molecule has 4 N–H and O–H groups in total. The van der Waals surface area contributed by atoms with E-state index >= 15 is 0 Å². The van der Waals surface area contributed by atoms with Crippen molar-refractivity contribution in [3.8, 4) is 0 Å². The summed E-state index contributed by atoms with van der Waals surface area (Å²) in [7, 11) is 1.87. The van der Waals surface area contributed by atoms with Gasteiger partial charge in [-0.25, -0.2) is 4.98 Å². The summed E-state index contributed by atoms with van der Waals surface area (Å²) in [5.41, 5.74) is 9.69. The quantitative estimate of drug-likeness (QED) is 0.634. The molecule has 7 heteroatoms. The topological polar surface area (TPSA) is 97.9 Å². The molecule has 1 aromatic carbocycles. The van der Waals surface area contributed by atoms with Gasteiger partial charge in [-0.1, -0.05) is 12.1 Å². The normalized spacial score (nSPS) is 10.6. The number of nitrogens with zero attached hydrogens (tertiary/aromatic N) is 3. The lowest BCUT2D eigenvalue weighted by Gasteiger charge is -2.10. The molecule has 2 aromatic heterocycles. The molecule has 0 bridgehead atoms. The lowest BCUT2D eigenvalue weighted by molar-refractivity contribution is 0.102. The third-order valence-electron chi connectivity index (χ3n) is 3.87. The average Bonchev–Trinajstić information content (AvgIpc) is 3.05. The molecule has 0 unspecified atom stereocenters. The summed E-state index contributed by atoms with van der Waals surface area (Å²) in [6.45, 7) is 2.88. The molecule has 0 aliphatic rings. The van der Waals surface area contributed by atoms with E-state index < -0.39 is 0 Å². The lowest BCUT2D eigenvalue weighted by atomic mass is 10.1. The highest BCUT2D eigenvalue weighted by Crippen LogP contribution is 2.15. The van der Waals surface area contributed by atoms with E-state index in [9.17, 15) is 4.79 Å². The van der Waals surface area contributed by atoms with Crippen LogP contribution in [0.25, 0.3) is 0 Å². The van der Waals surface area contributed by atoms with Crippen LogP contribution in [0, 0.1) is 6.92 Å². The minimum absolute atomic E-state index is 0.186. The van der Waals surface area contributed by atoms with E-state index in [1.165, 1.54) is 0 Å². The number of amides is 1. The van der Waals surface area contributed by atoms with Crippen LogP contribution in [0.5, 0.6) is 0 Å². The van der Waals surface area contributed by atoms with Crippen molar-refractivity contribution < 1.29 is 4.79 Å². The Morgan fingerprint density at radius 2 is 2.08 bits per heavy atom. The molecule has 2 heterocycles. The van der Waals surface area contributed by atoms with Crippen molar-refractivity contribution in [1.82, 2.24) is 14.8 Å². The predicted octanol–water partition coefficient (Wildman–Crippen LogP) is 2.45. The summed E-state index contributed by atoms with van der Waals surface area (Å²) in [5.74, 6) is 0.462. The number of hydrogen-bond donors (Lipinski definition) is 3. The Hall–Kier alpha value is -3.19. The standard InChI is InChI=1S/C19H22N6O/c1-13-6-16(19(26)24-17-5-3-4-14(7-17)9-20)8-18(23-13)21-10-15-11-22-25(2)12-15/h3-8,11-12H,9-10,20H2,1-2H3,(H,21,23)(H,24,26). The highest BCUT2D eigenvalue weighted by atomic mass is 16.1. The van der Waals surface area contributed by atoms with Crippen molar-refractivity contribution in [2.24, 2.45) is 12.8 Å². The fraction of sp³-hybridized carbons (Fsp3) is 0.211. The Morgan fingerprint density at radius 1 is 1.23 bits per heavy atom. The van der Waals surface area contributed by atoms with Gasteiger partial charge in [-0.15, -0.1) is 0 Å².